The number of aliphatic hydroxyl groups is 1. The van der Waals surface area contributed by atoms with E-state index in [1.807, 2.05) is 6.07 Å². The van der Waals surface area contributed by atoms with Crippen LogP contribution in [0.2, 0.25) is 0 Å². The van der Waals surface area contributed by atoms with Gasteiger partial charge in [0.05, 0.1) is 11.5 Å². The Morgan fingerprint density at radius 1 is 1.11 bits per heavy atom. The molecule has 0 bridgehead atoms. The van der Waals surface area contributed by atoms with Crippen LogP contribution >= 0.6 is 0 Å². The largest absolute Gasteiger partial charge is 0.507 e. The molecule has 3 saturated carbocycles. The SMILES string of the molecule is CC(C)[C@@H]1C(=O)C(C(N)=O)C(=O)[C@@]2(O)C(=O)C3C(=O)c4c(O)ccc(CC5CCCC5)c4C[C@H]3C[C@@H]12. The Hall–Kier alpha value is -2.87. The zero-order valence-corrected chi connectivity index (χ0v) is 20.7. The van der Waals surface area contributed by atoms with Crippen molar-refractivity contribution < 1.29 is 34.2 Å². The Morgan fingerprint density at radius 2 is 1.78 bits per heavy atom. The summed E-state index contributed by atoms with van der Waals surface area (Å²) in [5, 5.41) is 22.3. The van der Waals surface area contributed by atoms with E-state index in [-0.39, 0.29) is 23.7 Å². The van der Waals surface area contributed by atoms with Gasteiger partial charge < -0.3 is 15.9 Å². The van der Waals surface area contributed by atoms with Gasteiger partial charge in [-0.2, -0.15) is 0 Å². The summed E-state index contributed by atoms with van der Waals surface area (Å²) in [6.07, 6.45) is 5.83. The monoisotopic (exact) mass is 495 g/mol. The summed E-state index contributed by atoms with van der Waals surface area (Å²) in [4.78, 5) is 66.1. The molecule has 4 aliphatic rings. The van der Waals surface area contributed by atoms with Gasteiger partial charge in [0.25, 0.3) is 0 Å². The molecule has 4 N–H and O–H groups in total. The summed E-state index contributed by atoms with van der Waals surface area (Å²) in [5.41, 5.74) is 4.52. The normalized spacial score (nSPS) is 34.5. The van der Waals surface area contributed by atoms with Crippen molar-refractivity contribution in [1.29, 1.82) is 0 Å². The predicted molar refractivity (Wildman–Crippen MR) is 128 cm³/mol. The van der Waals surface area contributed by atoms with Gasteiger partial charge in [-0.25, -0.2) is 0 Å². The Balaban J connectivity index is 1.59. The first kappa shape index (κ1) is 24.8. The van der Waals surface area contributed by atoms with Crippen LogP contribution in [-0.4, -0.2) is 44.9 Å². The van der Waals surface area contributed by atoms with Crippen LogP contribution in [0, 0.1) is 41.4 Å². The van der Waals surface area contributed by atoms with Crippen molar-refractivity contribution in [1.82, 2.24) is 0 Å². The summed E-state index contributed by atoms with van der Waals surface area (Å²) in [6, 6.07) is 3.33. The Bertz CT molecular complexity index is 1180. The molecule has 1 aromatic carbocycles. The molecular weight excluding hydrogens is 462 g/mol. The van der Waals surface area contributed by atoms with Crippen LogP contribution in [-0.2, 0) is 32.0 Å². The number of phenols is 1. The fraction of sp³-hybridized carbons (Fsp3) is 0.607. The summed E-state index contributed by atoms with van der Waals surface area (Å²) < 4.78 is 0. The Kier molecular flexibility index (Phi) is 5.93. The van der Waals surface area contributed by atoms with Crippen LogP contribution in [0.4, 0.5) is 0 Å². The Morgan fingerprint density at radius 3 is 2.39 bits per heavy atom. The number of primary amides is 1. The number of ketones is 4. The van der Waals surface area contributed by atoms with Gasteiger partial charge in [0.2, 0.25) is 5.91 Å². The molecule has 192 valence electrons. The number of hydrogen-bond donors (Lipinski definition) is 3. The average Bonchev–Trinajstić information content (AvgIpc) is 3.31. The van der Waals surface area contributed by atoms with E-state index in [2.05, 4.69) is 0 Å². The number of hydrogen-bond acceptors (Lipinski definition) is 7. The maximum Gasteiger partial charge on any atom is 0.235 e. The van der Waals surface area contributed by atoms with Gasteiger partial charge in [-0.05, 0) is 54.2 Å². The van der Waals surface area contributed by atoms with Crippen molar-refractivity contribution in [2.45, 2.75) is 64.4 Å². The van der Waals surface area contributed by atoms with Gasteiger partial charge in [-0.15, -0.1) is 0 Å². The predicted octanol–water partition coefficient (Wildman–Crippen LogP) is 1.94. The zero-order chi connectivity index (χ0) is 26.1. The fourth-order valence-corrected chi connectivity index (χ4v) is 7.64. The second-order valence-electron chi connectivity index (χ2n) is 11.6. The summed E-state index contributed by atoms with van der Waals surface area (Å²) in [7, 11) is 0. The molecule has 0 saturated heterocycles. The van der Waals surface area contributed by atoms with Crippen LogP contribution in [0.5, 0.6) is 5.75 Å². The van der Waals surface area contributed by atoms with E-state index >= 15 is 0 Å². The van der Waals surface area contributed by atoms with Gasteiger partial charge in [0, 0.05) is 11.8 Å². The van der Waals surface area contributed by atoms with Crippen molar-refractivity contribution in [3.05, 3.63) is 28.8 Å². The molecule has 0 heterocycles. The number of aromatic hydroxyl groups is 1. The number of Topliss-reactive ketones (excluding diaryl/α,β-unsaturated/α-hetero) is 4. The molecule has 1 aromatic rings. The zero-order valence-electron chi connectivity index (χ0n) is 20.7. The van der Waals surface area contributed by atoms with E-state index < -0.39 is 64.2 Å². The van der Waals surface area contributed by atoms with E-state index in [1.165, 1.54) is 18.9 Å². The van der Waals surface area contributed by atoms with Gasteiger partial charge in [-0.3, -0.25) is 24.0 Å². The lowest BCUT2D eigenvalue weighted by Gasteiger charge is -2.52. The highest BCUT2D eigenvalue weighted by atomic mass is 16.3. The van der Waals surface area contributed by atoms with E-state index in [0.717, 1.165) is 30.4 Å². The first-order valence-electron chi connectivity index (χ1n) is 13.0. The minimum Gasteiger partial charge on any atom is -0.507 e. The van der Waals surface area contributed by atoms with E-state index in [0.29, 0.717) is 12.3 Å². The van der Waals surface area contributed by atoms with Crippen molar-refractivity contribution in [2.75, 3.05) is 0 Å². The van der Waals surface area contributed by atoms with Crippen LogP contribution in [0.3, 0.4) is 0 Å². The van der Waals surface area contributed by atoms with Crippen LogP contribution < -0.4 is 5.73 Å². The molecule has 0 spiro atoms. The molecule has 0 aromatic heterocycles. The maximum absolute atomic E-state index is 13.8. The highest BCUT2D eigenvalue weighted by molar-refractivity contribution is 6.31. The third-order valence-corrected chi connectivity index (χ3v) is 9.28. The lowest BCUT2D eigenvalue weighted by Crippen LogP contribution is -2.71. The highest BCUT2D eigenvalue weighted by Crippen LogP contribution is 2.53. The molecule has 8 nitrogen and oxygen atoms in total. The van der Waals surface area contributed by atoms with Crippen LogP contribution in [0.1, 0.15) is 67.4 Å². The lowest BCUT2D eigenvalue weighted by molar-refractivity contribution is -0.182. The molecule has 4 aliphatic carbocycles. The fourth-order valence-electron chi connectivity index (χ4n) is 7.64. The van der Waals surface area contributed by atoms with Crippen molar-refractivity contribution in [2.24, 2.45) is 47.2 Å². The topological polar surface area (TPSA) is 152 Å². The smallest absolute Gasteiger partial charge is 0.235 e. The number of fused-ring (bicyclic) bond motifs is 3. The average molecular weight is 496 g/mol. The third-order valence-electron chi connectivity index (χ3n) is 9.28. The molecular formula is C28H33NO7. The second-order valence-corrected chi connectivity index (χ2v) is 11.6. The lowest BCUT2D eigenvalue weighted by atomic mass is 9.49. The van der Waals surface area contributed by atoms with Crippen molar-refractivity contribution in [3.8, 4) is 5.75 Å². The third kappa shape index (κ3) is 3.40. The summed E-state index contributed by atoms with van der Waals surface area (Å²) in [5.74, 6) is -10.5. The van der Waals surface area contributed by atoms with Crippen molar-refractivity contribution >= 4 is 29.0 Å². The van der Waals surface area contributed by atoms with Crippen LogP contribution in [0.15, 0.2) is 12.1 Å². The number of carbonyl (C=O) groups excluding carboxylic acids is 5. The summed E-state index contributed by atoms with van der Waals surface area (Å²) in [6.45, 7) is 3.49. The maximum atomic E-state index is 13.8. The second kappa shape index (κ2) is 8.61. The molecule has 0 radical (unpaired) electrons. The molecule has 2 unspecified atom stereocenters. The Labute approximate surface area is 209 Å². The van der Waals surface area contributed by atoms with Gasteiger partial charge in [-0.1, -0.05) is 45.6 Å². The molecule has 0 aliphatic heterocycles. The number of rotatable bonds is 4. The highest BCUT2D eigenvalue weighted by Gasteiger charge is 2.69. The standard InChI is InChI=1S/C28H33NO7/c1-12(2)19-17-11-15-10-16-14(9-13-5-3-4-6-13)7-8-18(30)21(16)24(32)20(15)25(33)28(17,36)26(34)22(23(19)31)27(29)35/h7-8,12-13,15,17,19-20,22,30,36H,3-6,9-11H2,1-2H3,(H2,29,35)/t15-,17-,19-,20?,22?,28-/m0/s1. The number of amides is 1. The van der Waals surface area contributed by atoms with Gasteiger partial charge >= 0.3 is 0 Å². The molecule has 6 atom stereocenters. The first-order valence-corrected chi connectivity index (χ1v) is 13.0. The summed E-state index contributed by atoms with van der Waals surface area (Å²) >= 11 is 0. The van der Waals surface area contributed by atoms with Crippen LogP contribution in [0.25, 0.3) is 0 Å². The number of phenolic OH excluding ortho intramolecular Hbond substituents is 1. The van der Waals surface area contributed by atoms with E-state index in [4.69, 9.17) is 5.73 Å². The molecule has 3 fully saturated rings. The molecule has 36 heavy (non-hydrogen) atoms. The minimum absolute atomic E-state index is 0.0911. The first-order chi connectivity index (χ1) is 17.0. The number of benzene rings is 1. The van der Waals surface area contributed by atoms with Gasteiger partial charge in [0.1, 0.15) is 5.75 Å². The molecule has 5 rings (SSSR count). The van der Waals surface area contributed by atoms with E-state index in [9.17, 15) is 34.2 Å². The quantitative estimate of drug-likeness (QED) is 0.540. The molecule has 1 amide bonds. The number of carbonyl (C=O) groups is 5. The minimum atomic E-state index is -2.64. The van der Waals surface area contributed by atoms with Crippen molar-refractivity contribution in [3.63, 3.8) is 0 Å². The molecule has 8 heteroatoms. The van der Waals surface area contributed by atoms with E-state index in [1.54, 1.807) is 13.8 Å². The van der Waals surface area contributed by atoms with Gasteiger partial charge in [0.15, 0.2) is 34.7 Å². The number of nitrogens with two attached hydrogens (primary N) is 1.